The molecular weight excluding hydrogens is 184 g/mol. The van der Waals surface area contributed by atoms with E-state index in [4.69, 9.17) is 4.74 Å². The summed E-state index contributed by atoms with van der Waals surface area (Å²) in [5, 5.41) is 4.42. The van der Waals surface area contributed by atoms with Gasteiger partial charge in [0.1, 0.15) is 0 Å². The summed E-state index contributed by atoms with van der Waals surface area (Å²) in [7, 11) is 0. The van der Waals surface area contributed by atoms with Gasteiger partial charge in [-0.3, -0.25) is 4.99 Å². The van der Waals surface area contributed by atoms with Crippen LogP contribution in [0.5, 0.6) is 0 Å². The fraction of sp³-hybridized carbons (Fsp3) is 0.889. The molecule has 0 atom stereocenters. The van der Waals surface area contributed by atoms with Crippen molar-refractivity contribution >= 4 is 16.9 Å². The Kier molecular flexibility index (Phi) is 3.49. The first-order chi connectivity index (χ1) is 6.45. The van der Waals surface area contributed by atoms with Crippen molar-refractivity contribution in [3.05, 3.63) is 0 Å². The zero-order valence-electron chi connectivity index (χ0n) is 7.79. The van der Waals surface area contributed by atoms with Crippen molar-refractivity contribution in [3.63, 3.8) is 0 Å². The summed E-state index contributed by atoms with van der Waals surface area (Å²) < 4.78 is 5.32. The Bertz CT molecular complexity index is 190. The molecule has 0 unspecified atom stereocenters. The fourth-order valence-electron chi connectivity index (χ4n) is 1.58. The molecule has 1 fully saturated rings. The van der Waals surface area contributed by atoms with Crippen molar-refractivity contribution in [2.75, 3.05) is 32.1 Å². The highest BCUT2D eigenvalue weighted by Crippen LogP contribution is 2.20. The molecule has 2 aliphatic heterocycles. The van der Waals surface area contributed by atoms with E-state index in [2.05, 4.69) is 10.3 Å². The van der Waals surface area contributed by atoms with Crippen LogP contribution in [0.3, 0.4) is 0 Å². The average Bonchev–Trinajstić information content (AvgIpc) is 2.69. The molecule has 0 spiro atoms. The van der Waals surface area contributed by atoms with Crippen LogP contribution in [-0.4, -0.2) is 37.2 Å². The number of ether oxygens (including phenoxy) is 1. The zero-order chi connectivity index (χ0) is 8.93. The number of thioether (sulfide) groups is 1. The van der Waals surface area contributed by atoms with Crippen molar-refractivity contribution in [3.8, 4) is 0 Å². The van der Waals surface area contributed by atoms with Crippen LogP contribution in [0, 0.1) is 5.92 Å². The Balaban J connectivity index is 1.66. The third-order valence-electron chi connectivity index (χ3n) is 2.44. The van der Waals surface area contributed by atoms with Crippen molar-refractivity contribution in [2.24, 2.45) is 10.9 Å². The number of nitrogens with one attached hydrogen (secondary N) is 1. The Hall–Kier alpha value is -0.220. The number of hydrogen-bond donors (Lipinski definition) is 1. The quantitative estimate of drug-likeness (QED) is 0.725. The molecule has 0 saturated carbocycles. The Morgan fingerprint density at radius 2 is 2.31 bits per heavy atom. The van der Waals surface area contributed by atoms with Gasteiger partial charge in [0, 0.05) is 25.5 Å². The molecule has 3 nitrogen and oxygen atoms in total. The van der Waals surface area contributed by atoms with Gasteiger partial charge in [-0.1, -0.05) is 11.8 Å². The third-order valence-corrected chi connectivity index (χ3v) is 3.63. The van der Waals surface area contributed by atoms with E-state index in [0.717, 1.165) is 37.4 Å². The lowest BCUT2D eigenvalue weighted by atomic mass is 10.0. The van der Waals surface area contributed by atoms with E-state index in [1.54, 1.807) is 0 Å². The van der Waals surface area contributed by atoms with Crippen LogP contribution in [0.4, 0.5) is 0 Å². The van der Waals surface area contributed by atoms with Gasteiger partial charge in [-0.2, -0.15) is 0 Å². The molecule has 13 heavy (non-hydrogen) atoms. The topological polar surface area (TPSA) is 33.6 Å². The normalized spacial score (nSPS) is 24.2. The number of amidine groups is 1. The van der Waals surface area contributed by atoms with Gasteiger partial charge in [-0.15, -0.1) is 0 Å². The van der Waals surface area contributed by atoms with Crippen molar-refractivity contribution in [1.29, 1.82) is 0 Å². The minimum absolute atomic E-state index is 0.837. The minimum Gasteiger partial charge on any atom is -0.381 e. The lowest BCUT2D eigenvalue weighted by Crippen LogP contribution is -2.21. The number of rotatable bonds is 2. The molecule has 2 aliphatic rings. The zero-order valence-corrected chi connectivity index (χ0v) is 8.61. The second kappa shape index (κ2) is 4.86. The molecule has 0 aromatic rings. The molecule has 0 aromatic carbocycles. The maximum Gasteiger partial charge on any atom is 0.156 e. The smallest absolute Gasteiger partial charge is 0.156 e. The summed E-state index contributed by atoms with van der Waals surface area (Å²) in [6.45, 7) is 3.88. The first-order valence-corrected chi connectivity index (χ1v) is 5.92. The lowest BCUT2D eigenvalue weighted by Gasteiger charge is -2.21. The predicted octanol–water partition coefficient (Wildman–Crippen LogP) is 1.11. The number of nitrogens with zero attached hydrogens (tertiary/aromatic N) is 1. The maximum atomic E-state index is 5.32. The second-order valence-electron chi connectivity index (χ2n) is 3.48. The van der Waals surface area contributed by atoms with Gasteiger partial charge < -0.3 is 10.1 Å². The second-order valence-corrected chi connectivity index (χ2v) is 4.49. The first-order valence-electron chi connectivity index (χ1n) is 4.94. The van der Waals surface area contributed by atoms with Gasteiger partial charge in [0.25, 0.3) is 0 Å². The van der Waals surface area contributed by atoms with Crippen molar-refractivity contribution < 1.29 is 4.74 Å². The van der Waals surface area contributed by atoms with Gasteiger partial charge in [0.15, 0.2) is 5.17 Å². The van der Waals surface area contributed by atoms with Crippen LogP contribution in [0.25, 0.3) is 0 Å². The Morgan fingerprint density at radius 1 is 1.46 bits per heavy atom. The molecule has 0 bridgehead atoms. The summed E-state index contributed by atoms with van der Waals surface area (Å²) in [5.74, 6) is 2.04. The molecule has 0 radical (unpaired) electrons. The van der Waals surface area contributed by atoms with Crippen LogP contribution in [-0.2, 0) is 4.74 Å². The average molecular weight is 200 g/mol. The standard InChI is InChI=1S/C9H16N2OS/c1-5-12-6-2-8(1)7-13-9-10-3-4-11-9/h8H,1-7H2,(H,10,11). The molecule has 74 valence electrons. The van der Waals surface area contributed by atoms with Crippen LogP contribution < -0.4 is 5.32 Å². The monoisotopic (exact) mass is 200 g/mol. The van der Waals surface area contributed by atoms with Gasteiger partial charge in [-0.25, -0.2) is 0 Å². The van der Waals surface area contributed by atoms with Crippen LogP contribution >= 0.6 is 11.8 Å². The van der Waals surface area contributed by atoms with Crippen molar-refractivity contribution in [1.82, 2.24) is 5.32 Å². The van der Waals surface area contributed by atoms with Gasteiger partial charge >= 0.3 is 0 Å². The SMILES string of the molecule is C1CNC(SCC2CCOCC2)=N1. The number of aliphatic imine (C=N–C) groups is 1. The van der Waals surface area contributed by atoms with E-state index in [1.807, 2.05) is 11.8 Å². The highest BCUT2D eigenvalue weighted by molar-refractivity contribution is 8.13. The minimum atomic E-state index is 0.837. The molecule has 0 aliphatic carbocycles. The molecule has 2 heterocycles. The third kappa shape index (κ3) is 2.88. The van der Waals surface area contributed by atoms with Crippen LogP contribution in [0.1, 0.15) is 12.8 Å². The molecule has 2 rings (SSSR count). The summed E-state index contributed by atoms with van der Waals surface area (Å²) in [6.07, 6.45) is 2.45. The molecule has 0 amide bonds. The van der Waals surface area contributed by atoms with Gasteiger partial charge in [0.2, 0.25) is 0 Å². The highest BCUT2D eigenvalue weighted by Gasteiger charge is 2.15. The summed E-state index contributed by atoms with van der Waals surface area (Å²) >= 11 is 1.87. The molecular formula is C9H16N2OS. The van der Waals surface area contributed by atoms with E-state index in [0.29, 0.717) is 0 Å². The van der Waals surface area contributed by atoms with E-state index in [9.17, 15) is 0 Å². The van der Waals surface area contributed by atoms with E-state index in [1.165, 1.54) is 18.6 Å². The highest BCUT2D eigenvalue weighted by atomic mass is 32.2. The van der Waals surface area contributed by atoms with E-state index in [-0.39, 0.29) is 0 Å². The number of hydrogen-bond acceptors (Lipinski definition) is 4. The van der Waals surface area contributed by atoms with Gasteiger partial charge in [-0.05, 0) is 18.8 Å². The maximum absolute atomic E-state index is 5.32. The first kappa shape index (κ1) is 9.34. The largest absolute Gasteiger partial charge is 0.381 e. The molecule has 0 aromatic heterocycles. The predicted molar refractivity (Wildman–Crippen MR) is 56.3 cm³/mol. The lowest BCUT2D eigenvalue weighted by molar-refractivity contribution is 0.0728. The van der Waals surface area contributed by atoms with Crippen LogP contribution in [0.2, 0.25) is 0 Å². The molecule has 1 saturated heterocycles. The molecule has 4 heteroatoms. The fourth-order valence-corrected chi connectivity index (χ4v) is 2.70. The Morgan fingerprint density at radius 3 is 3.00 bits per heavy atom. The van der Waals surface area contributed by atoms with Crippen LogP contribution in [0.15, 0.2) is 4.99 Å². The van der Waals surface area contributed by atoms with Gasteiger partial charge in [0.05, 0.1) is 6.54 Å². The summed E-state index contributed by atoms with van der Waals surface area (Å²) in [5.41, 5.74) is 0. The van der Waals surface area contributed by atoms with Crippen molar-refractivity contribution in [2.45, 2.75) is 12.8 Å². The summed E-state index contributed by atoms with van der Waals surface area (Å²) in [4.78, 5) is 4.36. The van der Waals surface area contributed by atoms with E-state index < -0.39 is 0 Å². The molecule has 1 N–H and O–H groups in total. The Labute approximate surface area is 83.3 Å². The summed E-state index contributed by atoms with van der Waals surface area (Å²) in [6, 6.07) is 0. The van der Waals surface area contributed by atoms with E-state index >= 15 is 0 Å².